The van der Waals surface area contributed by atoms with E-state index in [0.717, 1.165) is 23.8 Å². The fourth-order valence-electron chi connectivity index (χ4n) is 2.27. The van der Waals surface area contributed by atoms with E-state index in [1.807, 2.05) is 18.2 Å². The summed E-state index contributed by atoms with van der Waals surface area (Å²) >= 11 is 0. The first-order valence-electron chi connectivity index (χ1n) is 7.43. The van der Waals surface area contributed by atoms with E-state index in [1.165, 1.54) is 18.4 Å². The van der Waals surface area contributed by atoms with Crippen molar-refractivity contribution >= 4 is 0 Å². The van der Waals surface area contributed by atoms with E-state index in [4.69, 9.17) is 4.74 Å². The van der Waals surface area contributed by atoms with Crippen molar-refractivity contribution in [1.82, 2.24) is 4.98 Å². The molecule has 2 heteroatoms. The van der Waals surface area contributed by atoms with E-state index in [2.05, 4.69) is 43.1 Å². The van der Waals surface area contributed by atoms with Gasteiger partial charge in [0.05, 0.1) is 5.69 Å². The number of hydrogen-bond acceptors (Lipinski definition) is 2. The quantitative estimate of drug-likeness (QED) is 0.730. The van der Waals surface area contributed by atoms with Gasteiger partial charge >= 0.3 is 0 Å². The molecule has 0 fully saturated rings. The maximum Gasteiger partial charge on any atom is 0.130 e. The summed E-state index contributed by atoms with van der Waals surface area (Å²) in [5, 5.41) is 0. The van der Waals surface area contributed by atoms with Crippen LogP contribution in [-0.4, -0.2) is 4.98 Å². The average Bonchev–Trinajstić information content (AvgIpc) is 2.53. The Balaban J connectivity index is 1.88. The summed E-state index contributed by atoms with van der Waals surface area (Å²) in [6.07, 6.45) is 5.44. The zero-order valence-electron chi connectivity index (χ0n) is 12.4. The lowest BCUT2D eigenvalue weighted by atomic mass is 9.95. The van der Waals surface area contributed by atoms with Crippen LogP contribution in [0.4, 0.5) is 0 Å². The SMILES string of the molecule is CCC(CC)Cc1ccc(OCc2ccccn2)cc1. The number of ether oxygens (including phenoxy) is 1. The minimum absolute atomic E-state index is 0.521. The molecule has 2 nitrogen and oxygen atoms in total. The van der Waals surface area contributed by atoms with E-state index >= 15 is 0 Å². The maximum absolute atomic E-state index is 5.74. The van der Waals surface area contributed by atoms with Crippen molar-refractivity contribution in [2.75, 3.05) is 0 Å². The van der Waals surface area contributed by atoms with Crippen LogP contribution in [0.2, 0.25) is 0 Å². The third kappa shape index (κ3) is 4.37. The standard InChI is InChI=1S/C18H23NO/c1-3-15(4-2)13-16-8-10-18(11-9-16)20-14-17-7-5-6-12-19-17/h5-12,15H,3-4,13-14H2,1-2H3. The summed E-state index contributed by atoms with van der Waals surface area (Å²) in [4.78, 5) is 4.25. The molecule has 0 aliphatic carbocycles. The van der Waals surface area contributed by atoms with E-state index in [0.29, 0.717) is 6.61 Å². The second-order valence-corrected chi connectivity index (χ2v) is 5.14. The van der Waals surface area contributed by atoms with Crippen LogP contribution in [0.5, 0.6) is 5.75 Å². The van der Waals surface area contributed by atoms with Crippen molar-refractivity contribution in [3.8, 4) is 5.75 Å². The van der Waals surface area contributed by atoms with Crippen molar-refractivity contribution in [1.29, 1.82) is 0 Å². The predicted octanol–water partition coefficient (Wildman–Crippen LogP) is 4.64. The van der Waals surface area contributed by atoms with E-state index < -0.39 is 0 Å². The monoisotopic (exact) mass is 269 g/mol. The molecule has 0 radical (unpaired) electrons. The highest BCUT2D eigenvalue weighted by molar-refractivity contribution is 5.27. The van der Waals surface area contributed by atoms with Crippen LogP contribution in [-0.2, 0) is 13.0 Å². The molecule has 0 bridgehead atoms. The Labute approximate surface area is 121 Å². The van der Waals surface area contributed by atoms with Gasteiger partial charge < -0.3 is 4.74 Å². The molecule has 2 aromatic rings. The maximum atomic E-state index is 5.74. The fraction of sp³-hybridized carbons (Fsp3) is 0.389. The Morgan fingerprint density at radius 1 is 1.00 bits per heavy atom. The van der Waals surface area contributed by atoms with E-state index in [-0.39, 0.29) is 0 Å². The lowest BCUT2D eigenvalue weighted by Gasteiger charge is -2.12. The van der Waals surface area contributed by atoms with Crippen molar-refractivity contribution in [2.45, 2.75) is 39.7 Å². The van der Waals surface area contributed by atoms with Gasteiger partial charge in [-0.15, -0.1) is 0 Å². The van der Waals surface area contributed by atoms with E-state index in [1.54, 1.807) is 6.20 Å². The average molecular weight is 269 g/mol. The molecule has 0 N–H and O–H groups in total. The highest BCUT2D eigenvalue weighted by Gasteiger charge is 2.05. The second-order valence-electron chi connectivity index (χ2n) is 5.14. The van der Waals surface area contributed by atoms with Gasteiger partial charge in [0.15, 0.2) is 0 Å². The fourth-order valence-corrected chi connectivity index (χ4v) is 2.27. The van der Waals surface area contributed by atoms with Crippen LogP contribution in [0.1, 0.15) is 37.9 Å². The Kier molecular flexibility index (Phi) is 5.60. The third-order valence-corrected chi connectivity index (χ3v) is 3.72. The first kappa shape index (κ1) is 14.6. The van der Waals surface area contributed by atoms with Crippen molar-refractivity contribution in [3.05, 3.63) is 59.9 Å². The summed E-state index contributed by atoms with van der Waals surface area (Å²) in [6, 6.07) is 14.3. The molecule has 0 unspecified atom stereocenters. The molecular formula is C18H23NO. The molecule has 2 rings (SSSR count). The summed E-state index contributed by atoms with van der Waals surface area (Å²) < 4.78 is 5.74. The molecule has 0 saturated heterocycles. The molecule has 106 valence electrons. The van der Waals surface area contributed by atoms with Crippen LogP contribution >= 0.6 is 0 Å². The molecular weight excluding hydrogens is 246 g/mol. The summed E-state index contributed by atoms with van der Waals surface area (Å²) in [7, 11) is 0. The Morgan fingerprint density at radius 2 is 1.75 bits per heavy atom. The van der Waals surface area contributed by atoms with Gasteiger partial charge in [0.2, 0.25) is 0 Å². The predicted molar refractivity (Wildman–Crippen MR) is 82.8 cm³/mol. The van der Waals surface area contributed by atoms with Crippen LogP contribution in [0, 0.1) is 5.92 Å². The first-order valence-corrected chi connectivity index (χ1v) is 7.43. The van der Waals surface area contributed by atoms with Crippen LogP contribution < -0.4 is 4.74 Å². The minimum atomic E-state index is 0.521. The number of benzene rings is 1. The molecule has 0 saturated carbocycles. The number of hydrogen-bond donors (Lipinski definition) is 0. The number of pyridine rings is 1. The highest BCUT2D eigenvalue weighted by atomic mass is 16.5. The molecule has 1 aromatic heterocycles. The lowest BCUT2D eigenvalue weighted by molar-refractivity contribution is 0.301. The zero-order valence-corrected chi connectivity index (χ0v) is 12.4. The largest absolute Gasteiger partial charge is 0.487 e. The van der Waals surface area contributed by atoms with Gasteiger partial charge in [-0.2, -0.15) is 0 Å². The van der Waals surface area contributed by atoms with Gasteiger partial charge in [-0.25, -0.2) is 0 Å². The van der Waals surface area contributed by atoms with Crippen LogP contribution in [0.3, 0.4) is 0 Å². The number of rotatable bonds is 7. The van der Waals surface area contributed by atoms with Gasteiger partial charge in [0.1, 0.15) is 12.4 Å². The van der Waals surface area contributed by atoms with Crippen LogP contribution in [0.15, 0.2) is 48.7 Å². The first-order chi connectivity index (χ1) is 9.81. The number of aromatic nitrogens is 1. The molecule has 1 aromatic carbocycles. The summed E-state index contributed by atoms with van der Waals surface area (Å²) in [5.74, 6) is 1.69. The topological polar surface area (TPSA) is 22.1 Å². The van der Waals surface area contributed by atoms with Crippen molar-refractivity contribution < 1.29 is 4.74 Å². The number of nitrogens with zero attached hydrogens (tertiary/aromatic N) is 1. The molecule has 0 atom stereocenters. The zero-order chi connectivity index (χ0) is 14.2. The summed E-state index contributed by atoms with van der Waals surface area (Å²) in [6.45, 7) is 5.05. The third-order valence-electron chi connectivity index (χ3n) is 3.72. The molecule has 0 spiro atoms. The van der Waals surface area contributed by atoms with Gasteiger partial charge in [-0.1, -0.05) is 44.9 Å². The second kappa shape index (κ2) is 7.68. The minimum Gasteiger partial charge on any atom is -0.487 e. The Hall–Kier alpha value is -1.83. The van der Waals surface area contributed by atoms with Crippen molar-refractivity contribution in [2.24, 2.45) is 5.92 Å². The van der Waals surface area contributed by atoms with Gasteiger partial charge in [0, 0.05) is 6.20 Å². The highest BCUT2D eigenvalue weighted by Crippen LogP contribution is 2.19. The van der Waals surface area contributed by atoms with E-state index in [9.17, 15) is 0 Å². The van der Waals surface area contributed by atoms with Gasteiger partial charge in [-0.05, 0) is 42.2 Å². The van der Waals surface area contributed by atoms with Crippen LogP contribution in [0.25, 0.3) is 0 Å². The Bertz CT molecular complexity index is 489. The van der Waals surface area contributed by atoms with Gasteiger partial charge in [0.25, 0.3) is 0 Å². The Morgan fingerprint density at radius 3 is 2.35 bits per heavy atom. The molecule has 20 heavy (non-hydrogen) atoms. The van der Waals surface area contributed by atoms with Crippen molar-refractivity contribution in [3.63, 3.8) is 0 Å². The molecule has 0 amide bonds. The smallest absolute Gasteiger partial charge is 0.130 e. The normalized spacial score (nSPS) is 10.8. The van der Waals surface area contributed by atoms with Gasteiger partial charge in [-0.3, -0.25) is 4.98 Å². The molecule has 1 heterocycles. The summed E-state index contributed by atoms with van der Waals surface area (Å²) in [5.41, 5.74) is 2.34. The molecule has 0 aliphatic rings. The lowest BCUT2D eigenvalue weighted by Crippen LogP contribution is -2.02. The molecule has 0 aliphatic heterocycles.